The van der Waals surface area contributed by atoms with Gasteiger partial charge in [-0.2, -0.15) is 0 Å². The molecule has 18 heavy (non-hydrogen) atoms. The van der Waals surface area contributed by atoms with Crippen LogP contribution in [0.5, 0.6) is 0 Å². The van der Waals surface area contributed by atoms with Crippen LogP contribution in [0.1, 0.15) is 10.4 Å². The molecule has 0 aliphatic carbocycles. The molecule has 0 atom stereocenters. The monoisotopic (exact) mass is 249 g/mol. The summed E-state index contributed by atoms with van der Waals surface area (Å²) in [6.45, 7) is 0. The molecule has 6 heteroatoms. The van der Waals surface area contributed by atoms with Crippen molar-refractivity contribution >= 4 is 17.3 Å². The fourth-order valence-electron chi connectivity index (χ4n) is 1.40. The van der Waals surface area contributed by atoms with Crippen LogP contribution >= 0.6 is 0 Å². The predicted molar refractivity (Wildman–Crippen MR) is 63.0 cm³/mol. The summed E-state index contributed by atoms with van der Waals surface area (Å²) in [5.74, 6) is -1.99. The Morgan fingerprint density at radius 2 is 2.06 bits per heavy atom. The molecule has 0 fully saturated rings. The van der Waals surface area contributed by atoms with E-state index < -0.39 is 17.5 Å². The molecule has 0 saturated heterocycles. The number of carbonyl (C=O) groups is 1. The summed E-state index contributed by atoms with van der Waals surface area (Å²) in [7, 11) is 0. The van der Waals surface area contributed by atoms with Gasteiger partial charge in [0.25, 0.3) is 5.91 Å². The molecule has 0 spiro atoms. The predicted octanol–water partition coefficient (Wildman–Crippen LogP) is 2.19. The van der Waals surface area contributed by atoms with E-state index >= 15 is 0 Å². The van der Waals surface area contributed by atoms with Crippen LogP contribution < -0.4 is 11.1 Å². The lowest BCUT2D eigenvalue weighted by Crippen LogP contribution is -2.15. The minimum absolute atomic E-state index is 0.147. The maximum Gasteiger partial charge on any atom is 0.257 e. The molecule has 1 amide bonds. The van der Waals surface area contributed by atoms with Crippen molar-refractivity contribution in [2.24, 2.45) is 0 Å². The van der Waals surface area contributed by atoms with Gasteiger partial charge in [-0.25, -0.2) is 8.78 Å². The molecule has 0 aliphatic heterocycles. The quantitative estimate of drug-likeness (QED) is 0.857. The topological polar surface area (TPSA) is 68.0 Å². The lowest BCUT2D eigenvalue weighted by atomic mass is 10.2. The van der Waals surface area contributed by atoms with Crippen LogP contribution in [0.3, 0.4) is 0 Å². The van der Waals surface area contributed by atoms with Crippen LogP contribution in [-0.4, -0.2) is 10.9 Å². The average Bonchev–Trinajstić information content (AvgIpc) is 2.34. The Bertz CT molecular complexity index is 602. The molecule has 92 valence electrons. The van der Waals surface area contributed by atoms with Crippen LogP contribution in [0.2, 0.25) is 0 Å². The summed E-state index contributed by atoms with van der Waals surface area (Å²) in [4.78, 5) is 15.5. The number of aromatic nitrogens is 1. The highest BCUT2D eigenvalue weighted by Crippen LogP contribution is 2.17. The largest absolute Gasteiger partial charge is 0.397 e. The van der Waals surface area contributed by atoms with Gasteiger partial charge in [-0.05, 0) is 18.2 Å². The van der Waals surface area contributed by atoms with Crippen LogP contribution in [0.15, 0.2) is 36.7 Å². The van der Waals surface area contributed by atoms with Crippen molar-refractivity contribution < 1.29 is 13.6 Å². The lowest BCUT2D eigenvalue weighted by molar-refractivity contribution is 0.102. The zero-order valence-corrected chi connectivity index (χ0v) is 9.15. The summed E-state index contributed by atoms with van der Waals surface area (Å²) in [6, 6.07) is 4.18. The average molecular weight is 249 g/mol. The number of nitrogens with zero attached hydrogens (tertiary/aromatic N) is 1. The van der Waals surface area contributed by atoms with Crippen molar-refractivity contribution in [3.63, 3.8) is 0 Å². The third kappa shape index (κ3) is 2.42. The number of halogens is 2. The van der Waals surface area contributed by atoms with E-state index in [1.54, 1.807) is 0 Å². The van der Waals surface area contributed by atoms with E-state index in [9.17, 15) is 13.6 Å². The molecule has 0 aliphatic rings. The molecule has 0 bridgehead atoms. The number of rotatable bonds is 2. The second-order valence-corrected chi connectivity index (χ2v) is 3.54. The van der Waals surface area contributed by atoms with Crippen LogP contribution in [0, 0.1) is 11.6 Å². The van der Waals surface area contributed by atoms with E-state index in [0.29, 0.717) is 0 Å². The zero-order chi connectivity index (χ0) is 13.1. The molecule has 4 nitrogen and oxygen atoms in total. The second kappa shape index (κ2) is 4.79. The van der Waals surface area contributed by atoms with Crippen molar-refractivity contribution in [1.82, 2.24) is 4.98 Å². The summed E-state index contributed by atoms with van der Waals surface area (Å²) < 4.78 is 26.2. The van der Waals surface area contributed by atoms with Gasteiger partial charge in [-0.3, -0.25) is 9.78 Å². The van der Waals surface area contributed by atoms with Gasteiger partial charge in [0.1, 0.15) is 11.6 Å². The Hall–Kier alpha value is -2.50. The number of hydrogen-bond donors (Lipinski definition) is 2. The van der Waals surface area contributed by atoms with E-state index in [4.69, 9.17) is 5.73 Å². The molecule has 1 aromatic carbocycles. The van der Waals surface area contributed by atoms with Crippen molar-refractivity contribution in [3.8, 4) is 0 Å². The van der Waals surface area contributed by atoms with E-state index in [-0.39, 0.29) is 16.9 Å². The lowest BCUT2D eigenvalue weighted by Gasteiger charge is -2.07. The molecule has 0 saturated carbocycles. The standard InChI is InChI=1S/C12H9F2N3O/c13-7-1-2-9(14)11(5-7)17-12(18)8-3-4-16-6-10(8)15/h1-6H,15H2,(H,17,18). The van der Waals surface area contributed by atoms with Crippen molar-refractivity contribution in [2.75, 3.05) is 11.1 Å². The maximum absolute atomic E-state index is 13.3. The fourth-order valence-corrected chi connectivity index (χ4v) is 1.40. The number of anilines is 2. The van der Waals surface area contributed by atoms with Gasteiger partial charge in [0.15, 0.2) is 0 Å². The Balaban J connectivity index is 2.27. The number of amides is 1. The smallest absolute Gasteiger partial charge is 0.257 e. The molecule has 1 aromatic heterocycles. The van der Waals surface area contributed by atoms with Gasteiger partial charge < -0.3 is 11.1 Å². The highest BCUT2D eigenvalue weighted by atomic mass is 19.1. The summed E-state index contributed by atoms with van der Waals surface area (Å²) >= 11 is 0. The second-order valence-electron chi connectivity index (χ2n) is 3.54. The van der Waals surface area contributed by atoms with Crippen molar-refractivity contribution in [2.45, 2.75) is 0 Å². The summed E-state index contributed by atoms with van der Waals surface area (Å²) in [5.41, 5.74) is 5.62. The first-order valence-corrected chi connectivity index (χ1v) is 5.04. The molecule has 2 aromatic rings. The third-order valence-corrected chi connectivity index (χ3v) is 2.27. The number of pyridine rings is 1. The summed E-state index contributed by atoms with van der Waals surface area (Å²) in [6.07, 6.45) is 2.68. The van der Waals surface area contributed by atoms with E-state index in [0.717, 1.165) is 18.2 Å². The number of nitrogens with two attached hydrogens (primary N) is 1. The van der Waals surface area contributed by atoms with Crippen molar-refractivity contribution in [3.05, 3.63) is 53.9 Å². The molecule has 1 heterocycles. The highest BCUT2D eigenvalue weighted by molar-refractivity contribution is 6.07. The Morgan fingerprint density at radius 3 is 2.78 bits per heavy atom. The normalized spacial score (nSPS) is 10.1. The summed E-state index contributed by atoms with van der Waals surface area (Å²) in [5, 5.41) is 2.25. The number of hydrogen-bond acceptors (Lipinski definition) is 3. The molecule has 0 unspecified atom stereocenters. The number of nitrogen functional groups attached to an aromatic ring is 1. The van der Waals surface area contributed by atoms with Gasteiger partial charge in [0.05, 0.1) is 23.1 Å². The Morgan fingerprint density at radius 1 is 1.28 bits per heavy atom. The van der Waals surface area contributed by atoms with E-state index in [1.807, 2.05) is 0 Å². The van der Waals surface area contributed by atoms with Crippen LogP contribution in [-0.2, 0) is 0 Å². The molecular weight excluding hydrogens is 240 g/mol. The fraction of sp³-hybridized carbons (Fsp3) is 0. The minimum atomic E-state index is -0.725. The Kier molecular flexibility index (Phi) is 3.18. The van der Waals surface area contributed by atoms with Gasteiger partial charge in [0, 0.05) is 12.3 Å². The SMILES string of the molecule is Nc1cnccc1C(=O)Nc1cc(F)ccc1F. The van der Waals surface area contributed by atoms with Gasteiger partial charge >= 0.3 is 0 Å². The number of carbonyl (C=O) groups excluding carboxylic acids is 1. The van der Waals surface area contributed by atoms with E-state index in [1.165, 1.54) is 18.5 Å². The molecule has 3 N–H and O–H groups in total. The highest BCUT2D eigenvalue weighted by Gasteiger charge is 2.12. The minimum Gasteiger partial charge on any atom is -0.397 e. The maximum atomic E-state index is 13.3. The van der Waals surface area contributed by atoms with Gasteiger partial charge in [0.2, 0.25) is 0 Å². The first kappa shape index (κ1) is 12.0. The van der Waals surface area contributed by atoms with Crippen LogP contribution in [0.25, 0.3) is 0 Å². The molecule has 2 rings (SSSR count). The van der Waals surface area contributed by atoms with Gasteiger partial charge in [-0.15, -0.1) is 0 Å². The number of nitrogens with one attached hydrogen (secondary N) is 1. The zero-order valence-electron chi connectivity index (χ0n) is 9.15. The van der Waals surface area contributed by atoms with Gasteiger partial charge in [-0.1, -0.05) is 0 Å². The Labute approximate surface area is 101 Å². The molecular formula is C12H9F2N3O. The molecule has 0 radical (unpaired) electrons. The first-order chi connectivity index (χ1) is 8.58. The van der Waals surface area contributed by atoms with E-state index in [2.05, 4.69) is 10.3 Å². The third-order valence-electron chi connectivity index (χ3n) is 2.27. The first-order valence-electron chi connectivity index (χ1n) is 5.04. The van der Waals surface area contributed by atoms with Crippen LogP contribution in [0.4, 0.5) is 20.2 Å². The van der Waals surface area contributed by atoms with Crippen molar-refractivity contribution in [1.29, 1.82) is 0 Å². The number of benzene rings is 1.